The third kappa shape index (κ3) is 4.80. The van der Waals surface area contributed by atoms with Crippen LogP contribution in [-0.4, -0.2) is 6.18 Å². The van der Waals surface area contributed by atoms with Crippen LogP contribution >= 0.6 is 23.2 Å². The van der Waals surface area contributed by atoms with Crippen molar-refractivity contribution in [2.45, 2.75) is 39.3 Å². The van der Waals surface area contributed by atoms with Crippen LogP contribution < -0.4 is 0 Å². The highest BCUT2D eigenvalue weighted by atomic mass is 35.5. The Morgan fingerprint density at radius 2 is 1.64 bits per heavy atom. The lowest BCUT2D eigenvalue weighted by Crippen LogP contribution is -2.19. The highest BCUT2D eigenvalue weighted by Crippen LogP contribution is 2.38. The molecule has 0 amide bonds. The van der Waals surface area contributed by atoms with E-state index in [0.717, 1.165) is 12.0 Å². The van der Waals surface area contributed by atoms with Gasteiger partial charge in [0.25, 0.3) is 0 Å². The fourth-order valence-corrected chi connectivity index (χ4v) is 3.16. The van der Waals surface area contributed by atoms with Crippen molar-refractivity contribution in [3.63, 3.8) is 0 Å². The van der Waals surface area contributed by atoms with Gasteiger partial charge >= 0.3 is 6.18 Å². The number of hydrogen-bond donors (Lipinski definition) is 0. The monoisotopic (exact) mass is 386 g/mol. The van der Waals surface area contributed by atoms with Gasteiger partial charge in [-0.3, -0.25) is 0 Å². The van der Waals surface area contributed by atoms with Crippen molar-refractivity contribution in [1.29, 1.82) is 0 Å². The molecule has 0 aliphatic rings. The van der Waals surface area contributed by atoms with Gasteiger partial charge in [0, 0.05) is 10.0 Å². The summed E-state index contributed by atoms with van der Waals surface area (Å²) in [6.45, 7) is 5.39. The Morgan fingerprint density at radius 1 is 1.04 bits per heavy atom. The third-order valence-corrected chi connectivity index (χ3v) is 5.06. The summed E-state index contributed by atoms with van der Waals surface area (Å²) in [5, 5.41) is 1.06. The van der Waals surface area contributed by atoms with Gasteiger partial charge in [-0.2, -0.15) is 13.2 Å². The van der Waals surface area contributed by atoms with Crippen LogP contribution in [0.15, 0.2) is 36.4 Å². The molecular formula is C20H19Cl2F3. The third-order valence-electron chi connectivity index (χ3n) is 4.11. The van der Waals surface area contributed by atoms with Crippen molar-refractivity contribution in [2.24, 2.45) is 0 Å². The van der Waals surface area contributed by atoms with Crippen molar-refractivity contribution >= 4 is 29.3 Å². The maximum absolute atomic E-state index is 13.6. The lowest BCUT2D eigenvalue weighted by atomic mass is 9.94. The van der Waals surface area contributed by atoms with Crippen molar-refractivity contribution in [3.8, 4) is 0 Å². The summed E-state index contributed by atoms with van der Waals surface area (Å²) in [4.78, 5) is 0. The summed E-state index contributed by atoms with van der Waals surface area (Å²) in [5.74, 6) is -1.70. The Morgan fingerprint density at radius 3 is 2.12 bits per heavy atom. The van der Waals surface area contributed by atoms with E-state index >= 15 is 0 Å². The molecule has 0 radical (unpaired) electrons. The van der Waals surface area contributed by atoms with Gasteiger partial charge in [-0.25, -0.2) is 0 Å². The zero-order valence-electron chi connectivity index (χ0n) is 14.2. The average molecular weight is 387 g/mol. The fourth-order valence-electron chi connectivity index (χ4n) is 2.73. The van der Waals surface area contributed by atoms with Crippen LogP contribution in [0.25, 0.3) is 6.08 Å². The molecule has 2 aromatic rings. The van der Waals surface area contributed by atoms with Crippen LogP contribution in [0.4, 0.5) is 13.2 Å². The van der Waals surface area contributed by atoms with E-state index in [9.17, 15) is 13.2 Å². The van der Waals surface area contributed by atoms with Gasteiger partial charge in [0.2, 0.25) is 0 Å². The van der Waals surface area contributed by atoms with E-state index in [1.807, 2.05) is 13.0 Å². The molecule has 1 atom stereocenters. The number of alkyl halides is 3. The molecule has 134 valence electrons. The lowest BCUT2D eigenvalue weighted by Gasteiger charge is -2.19. The summed E-state index contributed by atoms with van der Waals surface area (Å²) in [7, 11) is 0. The molecule has 0 saturated carbocycles. The van der Waals surface area contributed by atoms with Crippen LogP contribution in [0.5, 0.6) is 0 Å². The van der Waals surface area contributed by atoms with Crippen LogP contribution in [0.2, 0.25) is 10.0 Å². The van der Waals surface area contributed by atoms with Crippen LogP contribution in [0.3, 0.4) is 0 Å². The Balaban J connectivity index is 2.41. The Bertz CT molecular complexity index is 769. The molecule has 0 fully saturated rings. The molecule has 0 aromatic heterocycles. The maximum Gasteiger partial charge on any atom is 0.399 e. The number of allylic oxidation sites excluding steroid dienone is 1. The molecule has 2 rings (SSSR count). The van der Waals surface area contributed by atoms with Crippen molar-refractivity contribution < 1.29 is 13.2 Å². The first-order valence-electron chi connectivity index (χ1n) is 7.93. The van der Waals surface area contributed by atoms with Gasteiger partial charge in [-0.15, -0.1) is 0 Å². The first kappa shape index (κ1) is 19.9. The summed E-state index contributed by atoms with van der Waals surface area (Å²) in [5.41, 5.74) is 3.05. The van der Waals surface area contributed by atoms with Gasteiger partial charge in [-0.05, 0) is 54.2 Å². The Hall–Kier alpha value is -1.45. The Kier molecular flexibility index (Phi) is 6.23. The highest BCUT2D eigenvalue weighted by Gasteiger charge is 2.39. The molecule has 0 aliphatic heterocycles. The number of rotatable bonds is 4. The van der Waals surface area contributed by atoms with Gasteiger partial charge in [0.1, 0.15) is 0 Å². The quantitative estimate of drug-likeness (QED) is 0.509. The molecular weight excluding hydrogens is 368 g/mol. The zero-order valence-corrected chi connectivity index (χ0v) is 15.7. The first-order chi connectivity index (χ1) is 11.6. The molecule has 0 saturated heterocycles. The molecule has 0 nitrogen and oxygen atoms in total. The van der Waals surface area contributed by atoms with Crippen LogP contribution in [-0.2, 0) is 6.42 Å². The van der Waals surface area contributed by atoms with Crippen molar-refractivity contribution in [2.75, 3.05) is 0 Å². The summed E-state index contributed by atoms with van der Waals surface area (Å²) < 4.78 is 40.7. The molecule has 0 bridgehead atoms. The SMILES string of the molecule is CCc1ccc(/C=C/C(c2cc(C)c(Cl)c(C)c2)C(F)(F)F)cc1Cl. The highest BCUT2D eigenvalue weighted by molar-refractivity contribution is 6.32. The van der Waals surface area contributed by atoms with Gasteiger partial charge in [0.15, 0.2) is 0 Å². The zero-order chi connectivity index (χ0) is 18.8. The molecule has 25 heavy (non-hydrogen) atoms. The molecule has 0 heterocycles. The topological polar surface area (TPSA) is 0 Å². The minimum Gasteiger partial charge on any atom is -0.170 e. The summed E-state index contributed by atoms with van der Waals surface area (Å²) >= 11 is 12.2. The summed E-state index contributed by atoms with van der Waals surface area (Å²) in [6.07, 6.45) is -0.990. The predicted molar refractivity (Wildman–Crippen MR) is 99.6 cm³/mol. The van der Waals surface area contributed by atoms with Crippen molar-refractivity contribution in [1.82, 2.24) is 0 Å². The maximum atomic E-state index is 13.6. The van der Waals surface area contributed by atoms with E-state index in [4.69, 9.17) is 23.2 Å². The van der Waals surface area contributed by atoms with E-state index in [-0.39, 0.29) is 5.56 Å². The first-order valence-corrected chi connectivity index (χ1v) is 8.69. The molecule has 0 N–H and O–H groups in total. The largest absolute Gasteiger partial charge is 0.399 e. The molecule has 0 spiro atoms. The summed E-state index contributed by atoms with van der Waals surface area (Å²) in [6, 6.07) is 8.27. The average Bonchev–Trinajstić information content (AvgIpc) is 2.51. The lowest BCUT2D eigenvalue weighted by molar-refractivity contribution is -0.139. The van der Waals surface area contributed by atoms with E-state index in [1.165, 1.54) is 24.3 Å². The van der Waals surface area contributed by atoms with Gasteiger partial charge in [-0.1, -0.05) is 66.5 Å². The van der Waals surface area contributed by atoms with Crippen LogP contribution in [0, 0.1) is 13.8 Å². The second-order valence-corrected chi connectivity index (χ2v) is 6.84. The van der Waals surface area contributed by atoms with Gasteiger partial charge in [0.05, 0.1) is 5.92 Å². The van der Waals surface area contributed by atoms with E-state index in [1.54, 1.807) is 26.0 Å². The number of aryl methyl sites for hydroxylation is 3. The normalized spacial score (nSPS) is 13.4. The number of halogens is 5. The van der Waals surface area contributed by atoms with Crippen LogP contribution in [0.1, 0.15) is 40.7 Å². The minimum atomic E-state index is -4.39. The number of benzene rings is 2. The van der Waals surface area contributed by atoms with Gasteiger partial charge < -0.3 is 0 Å². The predicted octanol–water partition coefficient (Wildman–Crippen LogP) is 7.53. The minimum absolute atomic E-state index is 0.180. The Labute approximate surface area is 156 Å². The second-order valence-electron chi connectivity index (χ2n) is 6.05. The molecule has 5 heteroatoms. The standard InChI is InChI=1S/C20H19Cl2F3/c1-4-15-7-5-14(11-18(15)21)6-8-17(20(23,24)25)16-9-12(2)19(22)13(3)10-16/h5-11,17H,4H2,1-3H3/b8-6+. The number of hydrogen-bond acceptors (Lipinski definition) is 0. The van der Waals surface area contributed by atoms with E-state index < -0.39 is 12.1 Å². The van der Waals surface area contributed by atoms with E-state index in [2.05, 4.69) is 0 Å². The second kappa shape index (κ2) is 7.84. The molecule has 1 unspecified atom stereocenters. The molecule has 2 aromatic carbocycles. The smallest absolute Gasteiger partial charge is 0.170 e. The van der Waals surface area contributed by atoms with E-state index in [0.29, 0.717) is 26.7 Å². The van der Waals surface area contributed by atoms with Crippen molar-refractivity contribution in [3.05, 3.63) is 74.3 Å². The molecule has 0 aliphatic carbocycles. The fraction of sp³-hybridized carbons (Fsp3) is 0.300.